The van der Waals surface area contributed by atoms with Crippen LogP contribution in [0.3, 0.4) is 0 Å². The van der Waals surface area contributed by atoms with Crippen LogP contribution in [0.5, 0.6) is 0 Å². The SMILES string of the molecule is O=C(Nc1cc(NC(=O)c2ccccc2)cc(C(=O)Nc2cc(Cl)ccc2C(=O)O)c1)c1ccccc1. The summed E-state index contributed by atoms with van der Waals surface area (Å²) in [6.07, 6.45) is 0. The highest BCUT2D eigenvalue weighted by Crippen LogP contribution is 2.25. The second kappa shape index (κ2) is 11.2. The molecule has 0 radical (unpaired) electrons. The first-order valence-electron chi connectivity index (χ1n) is 11.0. The maximum atomic E-state index is 13.1. The fraction of sp³-hybridized carbons (Fsp3) is 0. The van der Waals surface area contributed by atoms with Gasteiger partial charge in [0.05, 0.1) is 11.3 Å². The second-order valence-electron chi connectivity index (χ2n) is 7.89. The predicted octanol–water partition coefficient (Wildman–Crippen LogP) is 5.80. The number of halogens is 1. The number of carbonyl (C=O) groups excluding carboxylic acids is 3. The molecule has 3 amide bonds. The second-order valence-corrected chi connectivity index (χ2v) is 8.32. The van der Waals surface area contributed by atoms with Gasteiger partial charge in [0.15, 0.2) is 0 Å². The maximum absolute atomic E-state index is 13.1. The molecule has 0 aliphatic heterocycles. The number of hydrogen-bond donors (Lipinski definition) is 4. The van der Waals surface area contributed by atoms with Crippen molar-refractivity contribution in [3.8, 4) is 0 Å². The van der Waals surface area contributed by atoms with Crippen LogP contribution in [0.4, 0.5) is 17.1 Å². The van der Waals surface area contributed by atoms with Crippen LogP contribution in [0.2, 0.25) is 5.02 Å². The zero-order valence-corrected chi connectivity index (χ0v) is 20.0. The lowest BCUT2D eigenvalue weighted by Gasteiger charge is -2.14. The van der Waals surface area contributed by atoms with Crippen LogP contribution in [0.25, 0.3) is 0 Å². The summed E-state index contributed by atoms with van der Waals surface area (Å²) in [6.45, 7) is 0. The van der Waals surface area contributed by atoms with E-state index in [1.165, 1.54) is 36.4 Å². The third kappa shape index (κ3) is 6.39. The Hall–Kier alpha value is -4.95. The first-order valence-corrected chi connectivity index (χ1v) is 11.4. The number of rotatable bonds is 7. The summed E-state index contributed by atoms with van der Waals surface area (Å²) >= 11 is 5.99. The van der Waals surface area contributed by atoms with E-state index in [-0.39, 0.29) is 33.2 Å². The van der Waals surface area contributed by atoms with Crippen LogP contribution in [0.1, 0.15) is 41.4 Å². The summed E-state index contributed by atoms with van der Waals surface area (Å²) in [7, 11) is 0. The van der Waals surface area contributed by atoms with Gasteiger partial charge in [-0.1, -0.05) is 48.0 Å². The molecular weight excluding hydrogens is 494 g/mol. The summed E-state index contributed by atoms with van der Waals surface area (Å²) in [5.41, 5.74) is 1.20. The Balaban J connectivity index is 1.67. The molecule has 4 aromatic carbocycles. The molecule has 0 aromatic heterocycles. The Labute approximate surface area is 216 Å². The van der Waals surface area contributed by atoms with Crippen LogP contribution in [0.15, 0.2) is 97.1 Å². The number of carboxylic acids is 1. The first kappa shape index (κ1) is 25.2. The zero-order valence-electron chi connectivity index (χ0n) is 19.2. The molecule has 9 heteroatoms. The van der Waals surface area contributed by atoms with Crippen LogP contribution >= 0.6 is 11.6 Å². The molecule has 0 saturated heterocycles. The van der Waals surface area contributed by atoms with E-state index in [1.54, 1.807) is 60.7 Å². The molecular formula is C28H20ClN3O5. The average molecular weight is 514 g/mol. The lowest BCUT2D eigenvalue weighted by Crippen LogP contribution is -2.18. The lowest BCUT2D eigenvalue weighted by atomic mass is 10.1. The van der Waals surface area contributed by atoms with Gasteiger partial charge in [0.1, 0.15) is 0 Å². The minimum atomic E-state index is -1.24. The number of benzene rings is 4. The van der Waals surface area contributed by atoms with Gasteiger partial charge in [-0.05, 0) is 60.7 Å². The van der Waals surface area contributed by atoms with Gasteiger partial charge in [0.2, 0.25) is 0 Å². The molecule has 0 atom stereocenters. The smallest absolute Gasteiger partial charge is 0.337 e. The Morgan fingerprint density at radius 2 is 1.05 bits per heavy atom. The standard InChI is InChI=1S/C28H20ClN3O5/c29-20-11-12-23(28(36)37)24(15-20)32-27(35)19-13-21(30-25(33)17-7-3-1-4-8-17)16-22(14-19)31-26(34)18-9-5-2-6-10-18/h1-16H,(H,30,33)(H,31,34)(H,32,35)(H,36,37). The minimum Gasteiger partial charge on any atom is -0.478 e. The van der Waals surface area contributed by atoms with E-state index in [0.717, 1.165) is 0 Å². The van der Waals surface area contributed by atoms with Gasteiger partial charge in [-0.2, -0.15) is 0 Å². The summed E-state index contributed by atoms with van der Waals surface area (Å²) in [6, 6.07) is 25.3. The molecule has 4 aromatic rings. The van der Waals surface area contributed by atoms with Crippen LogP contribution in [-0.2, 0) is 0 Å². The van der Waals surface area contributed by atoms with Crippen molar-refractivity contribution in [3.05, 3.63) is 124 Å². The van der Waals surface area contributed by atoms with Crippen molar-refractivity contribution in [1.82, 2.24) is 0 Å². The number of hydrogen-bond acceptors (Lipinski definition) is 4. The maximum Gasteiger partial charge on any atom is 0.337 e. The number of nitrogens with one attached hydrogen (secondary N) is 3. The van der Waals surface area contributed by atoms with Crippen molar-refractivity contribution in [2.45, 2.75) is 0 Å². The quantitative estimate of drug-likeness (QED) is 0.249. The topological polar surface area (TPSA) is 125 Å². The summed E-state index contributed by atoms with van der Waals surface area (Å²) < 4.78 is 0. The number of amides is 3. The molecule has 4 rings (SSSR count). The molecule has 4 N–H and O–H groups in total. The van der Waals surface area contributed by atoms with E-state index in [4.69, 9.17) is 11.6 Å². The van der Waals surface area contributed by atoms with E-state index in [0.29, 0.717) is 11.1 Å². The van der Waals surface area contributed by atoms with Crippen molar-refractivity contribution < 1.29 is 24.3 Å². The Kier molecular flexibility index (Phi) is 7.61. The van der Waals surface area contributed by atoms with Gasteiger partial charge >= 0.3 is 5.97 Å². The third-order valence-electron chi connectivity index (χ3n) is 5.24. The molecule has 0 saturated carbocycles. The van der Waals surface area contributed by atoms with E-state index in [9.17, 15) is 24.3 Å². The lowest BCUT2D eigenvalue weighted by molar-refractivity contribution is 0.0697. The largest absolute Gasteiger partial charge is 0.478 e. The predicted molar refractivity (Wildman–Crippen MR) is 142 cm³/mol. The Bertz CT molecular complexity index is 1420. The summed E-state index contributed by atoms with van der Waals surface area (Å²) in [5, 5.41) is 17.7. The average Bonchev–Trinajstić information content (AvgIpc) is 2.89. The third-order valence-corrected chi connectivity index (χ3v) is 5.48. The molecule has 0 bridgehead atoms. The number of carboxylic acid groups (broad SMARTS) is 1. The van der Waals surface area contributed by atoms with Crippen molar-refractivity contribution in [3.63, 3.8) is 0 Å². The van der Waals surface area contributed by atoms with Gasteiger partial charge in [0, 0.05) is 33.1 Å². The fourth-order valence-electron chi connectivity index (χ4n) is 3.49. The van der Waals surface area contributed by atoms with Crippen molar-refractivity contribution in [2.24, 2.45) is 0 Å². The highest BCUT2D eigenvalue weighted by atomic mass is 35.5. The molecule has 0 heterocycles. The molecule has 8 nitrogen and oxygen atoms in total. The monoisotopic (exact) mass is 513 g/mol. The van der Waals surface area contributed by atoms with Crippen LogP contribution in [0, 0.1) is 0 Å². The normalized spacial score (nSPS) is 10.3. The van der Waals surface area contributed by atoms with E-state index in [1.807, 2.05) is 0 Å². The Morgan fingerprint density at radius 3 is 1.54 bits per heavy atom. The van der Waals surface area contributed by atoms with Crippen molar-refractivity contribution >= 4 is 52.4 Å². The highest BCUT2D eigenvalue weighted by molar-refractivity contribution is 6.31. The number of carbonyl (C=O) groups is 4. The number of anilines is 3. The van der Waals surface area contributed by atoms with E-state index >= 15 is 0 Å². The fourth-order valence-corrected chi connectivity index (χ4v) is 3.66. The molecule has 0 unspecified atom stereocenters. The van der Waals surface area contributed by atoms with E-state index < -0.39 is 23.7 Å². The van der Waals surface area contributed by atoms with Crippen molar-refractivity contribution in [1.29, 1.82) is 0 Å². The van der Waals surface area contributed by atoms with Gasteiger partial charge < -0.3 is 21.1 Å². The molecule has 0 spiro atoms. The molecule has 0 aliphatic rings. The molecule has 0 aliphatic carbocycles. The van der Waals surface area contributed by atoms with Crippen LogP contribution < -0.4 is 16.0 Å². The molecule has 0 fully saturated rings. The van der Waals surface area contributed by atoms with Gasteiger partial charge in [-0.3, -0.25) is 14.4 Å². The summed E-state index contributed by atoms with van der Waals surface area (Å²) in [4.78, 5) is 50.2. The van der Waals surface area contributed by atoms with Gasteiger partial charge in [-0.25, -0.2) is 4.79 Å². The van der Waals surface area contributed by atoms with Gasteiger partial charge in [-0.15, -0.1) is 0 Å². The van der Waals surface area contributed by atoms with Gasteiger partial charge in [0.25, 0.3) is 17.7 Å². The zero-order chi connectivity index (χ0) is 26.4. The van der Waals surface area contributed by atoms with Crippen LogP contribution in [-0.4, -0.2) is 28.8 Å². The summed E-state index contributed by atoms with van der Waals surface area (Å²) in [5.74, 6) is -2.74. The molecule has 37 heavy (non-hydrogen) atoms. The molecule has 184 valence electrons. The first-order chi connectivity index (χ1) is 17.8. The van der Waals surface area contributed by atoms with E-state index in [2.05, 4.69) is 16.0 Å². The van der Waals surface area contributed by atoms with Crippen molar-refractivity contribution in [2.75, 3.05) is 16.0 Å². The number of aromatic carboxylic acids is 1. The minimum absolute atomic E-state index is 0.00130. The Morgan fingerprint density at radius 1 is 0.568 bits per heavy atom. The highest BCUT2D eigenvalue weighted by Gasteiger charge is 2.17.